The molecule has 0 saturated carbocycles. The third-order valence-corrected chi connectivity index (χ3v) is 4.00. The summed E-state index contributed by atoms with van der Waals surface area (Å²) in [7, 11) is 1.55. The van der Waals surface area contributed by atoms with Crippen molar-refractivity contribution in [3.8, 4) is 17.2 Å². The van der Waals surface area contributed by atoms with Gasteiger partial charge in [-0.3, -0.25) is 25.2 Å². The number of para-hydroxylation sites is 2. The minimum absolute atomic E-state index is 0.00949. The van der Waals surface area contributed by atoms with E-state index in [1.165, 1.54) is 0 Å². The van der Waals surface area contributed by atoms with Crippen molar-refractivity contribution >= 4 is 17.8 Å². The number of hydrogen-bond acceptors (Lipinski definition) is 7. The standard InChI is InChI=1S/C20H20N2O7/c1-26-14-8-6-13(7-9-14)10-19(24)28-12-18(23)21-22-20(25)17-11-27-15-4-2-3-5-16(15)29-17/h2-9,17H,10-12H2,1H3,(H,21,23)(H,22,25)/t17-/m0/s1. The Kier molecular flexibility index (Phi) is 6.51. The molecule has 0 spiro atoms. The Morgan fingerprint density at radius 1 is 1.03 bits per heavy atom. The summed E-state index contributed by atoms with van der Waals surface area (Å²) < 4.78 is 20.9. The summed E-state index contributed by atoms with van der Waals surface area (Å²) >= 11 is 0. The predicted molar refractivity (Wildman–Crippen MR) is 100 cm³/mol. The van der Waals surface area contributed by atoms with Gasteiger partial charge in [0.25, 0.3) is 11.8 Å². The molecule has 2 amide bonds. The largest absolute Gasteiger partial charge is 0.497 e. The first-order valence-corrected chi connectivity index (χ1v) is 8.81. The van der Waals surface area contributed by atoms with Gasteiger partial charge in [0, 0.05) is 0 Å². The lowest BCUT2D eigenvalue weighted by Crippen LogP contribution is -2.51. The molecule has 3 rings (SSSR count). The van der Waals surface area contributed by atoms with Crippen LogP contribution in [0, 0.1) is 0 Å². The summed E-state index contributed by atoms with van der Waals surface area (Å²) in [6.45, 7) is -0.518. The first-order chi connectivity index (χ1) is 14.0. The van der Waals surface area contributed by atoms with Gasteiger partial charge in [-0.25, -0.2) is 0 Å². The predicted octanol–water partition coefficient (Wildman–Crippen LogP) is 0.768. The van der Waals surface area contributed by atoms with E-state index in [4.69, 9.17) is 18.9 Å². The maximum absolute atomic E-state index is 12.1. The van der Waals surface area contributed by atoms with Crippen LogP contribution in [0.1, 0.15) is 5.56 Å². The Balaban J connectivity index is 1.37. The monoisotopic (exact) mass is 400 g/mol. The van der Waals surface area contributed by atoms with E-state index in [0.29, 0.717) is 17.2 Å². The highest BCUT2D eigenvalue weighted by atomic mass is 16.6. The number of methoxy groups -OCH3 is 1. The maximum atomic E-state index is 12.1. The van der Waals surface area contributed by atoms with Crippen molar-refractivity contribution in [1.82, 2.24) is 10.9 Å². The van der Waals surface area contributed by atoms with Crippen LogP contribution in [-0.4, -0.2) is 44.2 Å². The molecule has 0 aromatic heterocycles. The second kappa shape index (κ2) is 9.45. The highest BCUT2D eigenvalue weighted by Crippen LogP contribution is 2.30. The SMILES string of the molecule is COc1ccc(CC(=O)OCC(=O)NNC(=O)[C@@H]2COc3ccccc3O2)cc1. The van der Waals surface area contributed by atoms with Gasteiger partial charge in [0.15, 0.2) is 18.1 Å². The fourth-order valence-corrected chi connectivity index (χ4v) is 2.50. The van der Waals surface area contributed by atoms with Crippen molar-refractivity contribution in [3.05, 3.63) is 54.1 Å². The Morgan fingerprint density at radius 3 is 2.48 bits per heavy atom. The highest BCUT2D eigenvalue weighted by molar-refractivity contribution is 5.86. The fraction of sp³-hybridized carbons (Fsp3) is 0.250. The molecule has 29 heavy (non-hydrogen) atoms. The Bertz CT molecular complexity index is 883. The third-order valence-electron chi connectivity index (χ3n) is 4.00. The molecule has 9 heteroatoms. The van der Waals surface area contributed by atoms with Crippen LogP contribution in [0.5, 0.6) is 17.2 Å². The minimum atomic E-state index is -0.914. The van der Waals surface area contributed by atoms with Crippen LogP contribution in [0.4, 0.5) is 0 Å². The van der Waals surface area contributed by atoms with Gasteiger partial charge in [-0.05, 0) is 29.8 Å². The van der Waals surface area contributed by atoms with E-state index < -0.39 is 30.5 Å². The zero-order valence-corrected chi connectivity index (χ0v) is 15.7. The van der Waals surface area contributed by atoms with E-state index in [0.717, 1.165) is 5.56 Å². The number of carbonyl (C=O) groups excluding carboxylic acids is 3. The van der Waals surface area contributed by atoms with E-state index >= 15 is 0 Å². The van der Waals surface area contributed by atoms with Crippen molar-refractivity contribution in [2.75, 3.05) is 20.3 Å². The maximum Gasteiger partial charge on any atom is 0.310 e. The number of fused-ring (bicyclic) bond motifs is 1. The number of rotatable bonds is 6. The van der Waals surface area contributed by atoms with Crippen molar-refractivity contribution in [1.29, 1.82) is 0 Å². The van der Waals surface area contributed by atoms with Gasteiger partial charge in [-0.1, -0.05) is 24.3 Å². The second-order valence-corrected chi connectivity index (χ2v) is 6.09. The normalized spacial score (nSPS) is 14.4. The lowest BCUT2D eigenvalue weighted by atomic mass is 10.1. The topological polar surface area (TPSA) is 112 Å². The average molecular weight is 400 g/mol. The number of hydrogen-bond donors (Lipinski definition) is 2. The van der Waals surface area contributed by atoms with Gasteiger partial charge in [0.2, 0.25) is 6.10 Å². The molecule has 0 saturated heterocycles. The van der Waals surface area contributed by atoms with E-state index in [1.807, 2.05) is 0 Å². The van der Waals surface area contributed by atoms with Gasteiger partial charge in [0.05, 0.1) is 13.5 Å². The summed E-state index contributed by atoms with van der Waals surface area (Å²) in [5.41, 5.74) is 5.11. The number of ether oxygens (including phenoxy) is 4. The number of nitrogens with one attached hydrogen (secondary N) is 2. The molecule has 0 aliphatic carbocycles. The number of carbonyl (C=O) groups is 3. The van der Waals surface area contributed by atoms with Crippen molar-refractivity contribution < 1.29 is 33.3 Å². The molecule has 1 heterocycles. The third kappa shape index (κ3) is 5.61. The molecular weight excluding hydrogens is 380 g/mol. The van der Waals surface area contributed by atoms with Crippen LogP contribution < -0.4 is 25.1 Å². The van der Waals surface area contributed by atoms with Gasteiger partial charge < -0.3 is 18.9 Å². The van der Waals surface area contributed by atoms with Gasteiger partial charge in [-0.15, -0.1) is 0 Å². The Labute approximate surface area is 166 Å². The molecule has 2 aromatic rings. The van der Waals surface area contributed by atoms with Gasteiger partial charge in [-0.2, -0.15) is 0 Å². The van der Waals surface area contributed by atoms with Crippen LogP contribution in [0.2, 0.25) is 0 Å². The molecule has 1 aliphatic heterocycles. The molecule has 0 fully saturated rings. The zero-order valence-electron chi connectivity index (χ0n) is 15.7. The molecular formula is C20H20N2O7. The number of esters is 1. The van der Waals surface area contributed by atoms with E-state index in [1.54, 1.807) is 55.6 Å². The lowest BCUT2D eigenvalue weighted by Gasteiger charge is -2.25. The average Bonchev–Trinajstić information content (AvgIpc) is 2.76. The Morgan fingerprint density at radius 2 is 1.76 bits per heavy atom. The van der Waals surface area contributed by atoms with Crippen molar-refractivity contribution in [2.24, 2.45) is 0 Å². The first kappa shape index (κ1) is 20.0. The molecule has 2 N–H and O–H groups in total. The molecule has 0 radical (unpaired) electrons. The number of benzene rings is 2. The van der Waals surface area contributed by atoms with E-state index in [9.17, 15) is 14.4 Å². The lowest BCUT2D eigenvalue weighted by molar-refractivity contribution is -0.148. The second-order valence-electron chi connectivity index (χ2n) is 6.09. The molecule has 1 aliphatic rings. The van der Waals surface area contributed by atoms with Crippen LogP contribution in [0.15, 0.2) is 48.5 Å². The zero-order chi connectivity index (χ0) is 20.6. The number of amides is 2. The highest BCUT2D eigenvalue weighted by Gasteiger charge is 2.27. The number of hydrazine groups is 1. The summed E-state index contributed by atoms with van der Waals surface area (Å²) in [6.07, 6.45) is -0.904. The molecule has 0 bridgehead atoms. The molecule has 0 unspecified atom stereocenters. The van der Waals surface area contributed by atoms with Crippen molar-refractivity contribution in [2.45, 2.75) is 12.5 Å². The van der Waals surface area contributed by atoms with Crippen LogP contribution >= 0.6 is 0 Å². The summed E-state index contributed by atoms with van der Waals surface area (Å²) in [6, 6.07) is 13.8. The van der Waals surface area contributed by atoms with E-state index in [2.05, 4.69) is 10.9 Å². The molecule has 1 atom stereocenters. The molecule has 152 valence electrons. The molecule has 9 nitrogen and oxygen atoms in total. The van der Waals surface area contributed by atoms with Gasteiger partial charge >= 0.3 is 5.97 Å². The van der Waals surface area contributed by atoms with Crippen LogP contribution in [0.25, 0.3) is 0 Å². The van der Waals surface area contributed by atoms with Crippen LogP contribution in [-0.2, 0) is 25.5 Å². The smallest absolute Gasteiger partial charge is 0.310 e. The Hall–Kier alpha value is -3.75. The molecule has 2 aromatic carbocycles. The first-order valence-electron chi connectivity index (χ1n) is 8.81. The van der Waals surface area contributed by atoms with E-state index in [-0.39, 0.29) is 13.0 Å². The van der Waals surface area contributed by atoms with Crippen LogP contribution in [0.3, 0.4) is 0 Å². The van der Waals surface area contributed by atoms with Crippen molar-refractivity contribution in [3.63, 3.8) is 0 Å². The van der Waals surface area contributed by atoms with Gasteiger partial charge in [0.1, 0.15) is 12.4 Å². The summed E-state index contributed by atoms with van der Waals surface area (Å²) in [4.78, 5) is 35.7. The minimum Gasteiger partial charge on any atom is -0.497 e. The quantitative estimate of drug-likeness (QED) is 0.544. The fourth-order valence-electron chi connectivity index (χ4n) is 2.50. The summed E-state index contributed by atoms with van der Waals surface area (Å²) in [5, 5.41) is 0. The summed E-state index contributed by atoms with van der Waals surface area (Å²) in [5.74, 6) is -0.177.